The lowest BCUT2D eigenvalue weighted by Crippen LogP contribution is -2.33. The summed E-state index contributed by atoms with van der Waals surface area (Å²) in [6, 6.07) is 15.2. The summed E-state index contributed by atoms with van der Waals surface area (Å²) < 4.78 is 0.945. The number of benzene rings is 2. The minimum atomic E-state index is -0.591. The second kappa shape index (κ2) is 7.38. The molecule has 2 N–H and O–H groups in total. The maximum absolute atomic E-state index is 12.1. The van der Waals surface area contributed by atoms with E-state index in [4.69, 9.17) is 0 Å². The molecule has 1 atom stereocenters. The van der Waals surface area contributed by atoms with Gasteiger partial charge < -0.3 is 10.4 Å². The lowest BCUT2D eigenvalue weighted by molar-refractivity contribution is 0.0915. The van der Waals surface area contributed by atoms with Crippen LogP contribution in [0.5, 0.6) is 0 Å². The molecule has 4 heteroatoms. The number of hydrogen-bond donors (Lipinski definition) is 2. The van der Waals surface area contributed by atoms with Crippen molar-refractivity contribution in [1.82, 2.24) is 5.32 Å². The molecule has 0 radical (unpaired) electrons. The van der Waals surface area contributed by atoms with Gasteiger partial charge in [0.15, 0.2) is 0 Å². The number of carbonyl (C=O) groups excluding carboxylic acids is 1. The van der Waals surface area contributed by atoms with Gasteiger partial charge in [-0.1, -0.05) is 46.3 Å². The number of aliphatic hydroxyl groups is 1. The van der Waals surface area contributed by atoms with Crippen LogP contribution in [0, 0.1) is 6.92 Å². The zero-order chi connectivity index (χ0) is 15.2. The van der Waals surface area contributed by atoms with Crippen LogP contribution in [0.3, 0.4) is 0 Å². The highest BCUT2D eigenvalue weighted by Gasteiger charge is 2.11. The van der Waals surface area contributed by atoms with Gasteiger partial charge in [-0.3, -0.25) is 4.79 Å². The fourth-order valence-corrected chi connectivity index (χ4v) is 2.62. The van der Waals surface area contributed by atoms with E-state index >= 15 is 0 Å². The third-order valence-electron chi connectivity index (χ3n) is 3.25. The van der Waals surface area contributed by atoms with Gasteiger partial charge in [0, 0.05) is 23.0 Å². The maximum atomic E-state index is 12.1. The predicted molar refractivity (Wildman–Crippen MR) is 87.4 cm³/mol. The van der Waals surface area contributed by atoms with Crippen LogP contribution in [-0.2, 0) is 6.42 Å². The van der Waals surface area contributed by atoms with Gasteiger partial charge in [0.05, 0.1) is 6.10 Å². The lowest BCUT2D eigenvalue weighted by atomic mass is 10.1. The first kappa shape index (κ1) is 15.7. The third kappa shape index (κ3) is 4.69. The van der Waals surface area contributed by atoms with Crippen molar-refractivity contribution in [3.63, 3.8) is 0 Å². The number of nitrogens with one attached hydrogen (secondary N) is 1. The molecule has 2 aromatic carbocycles. The summed E-state index contributed by atoms with van der Waals surface area (Å²) in [5.41, 5.74) is 2.59. The molecule has 0 bridgehead atoms. The number of aryl methyl sites for hydroxylation is 1. The molecule has 0 aromatic heterocycles. The van der Waals surface area contributed by atoms with Gasteiger partial charge in [0.25, 0.3) is 5.91 Å². The molecule has 2 rings (SSSR count). The van der Waals surface area contributed by atoms with E-state index in [-0.39, 0.29) is 12.5 Å². The van der Waals surface area contributed by atoms with Crippen molar-refractivity contribution in [2.45, 2.75) is 19.4 Å². The van der Waals surface area contributed by atoms with Crippen LogP contribution in [0.25, 0.3) is 0 Å². The van der Waals surface area contributed by atoms with Gasteiger partial charge in [-0.05, 0) is 36.2 Å². The molecule has 0 saturated carbocycles. The van der Waals surface area contributed by atoms with Gasteiger partial charge in [-0.15, -0.1) is 0 Å². The standard InChI is InChI=1S/C17H18BrNO2/c1-12-9-14(18)7-8-16(12)17(21)19-11-15(20)10-13-5-3-2-4-6-13/h2-9,15,20H,10-11H2,1H3,(H,19,21). The summed E-state index contributed by atoms with van der Waals surface area (Å²) in [6.45, 7) is 2.13. The molecule has 21 heavy (non-hydrogen) atoms. The Morgan fingerprint density at radius 1 is 1.24 bits per heavy atom. The number of hydrogen-bond acceptors (Lipinski definition) is 2. The lowest BCUT2D eigenvalue weighted by Gasteiger charge is -2.13. The molecule has 1 amide bonds. The summed E-state index contributed by atoms with van der Waals surface area (Å²) in [7, 11) is 0. The van der Waals surface area contributed by atoms with E-state index in [1.807, 2.05) is 49.4 Å². The second-order valence-corrected chi connectivity index (χ2v) is 5.93. The number of rotatable bonds is 5. The molecule has 1 unspecified atom stereocenters. The van der Waals surface area contributed by atoms with Gasteiger partial charge in [0.2, 0.25) is 0 Å². The Bertz CT molecular complexity index is 613. The van der Waals surface area contributed by atoms with E-state index in [0.717, 1.165) is 15.6 Å². The van der Waals surface area contributed by atoms with E-state index in [0.29, 0.717) is 12.0 Å². The normalized spacial score (nSPS) is 12.0. The number of aliphatic hydroxyl groups excluding tert-OH is 1. The van der Waals surface area contributed by atoms with Crippen molar-refractivity contribution in [3.8, 4) is 0 Å². The van der Waals surface area contributed by atoms with Crippen LogP contribution in [-0.4, -0.2) is 23.7 Å². The van der Waals surface area contributed by atoms with E-state index in [9.17, 15) is 9.90 Å². The summed E-state index contributed by atoms with van der Waals surface area (Å²) in [5, 5.41) is 12.8. The quantitative estimate of drug-likeness (QED) is 0.872. The highest BCUT2D eigenvalue weighted by Crippen LogP contribution is 2.15. The van der Waals surface area contributed by atoms with Crippen LogP contribution in [0.15, 0.2) is 53.0 Å². The Kier molecular flexibility index (Phi) is 5.53. The molecular weight excluding hydrogens is 330 g/mol. The Balaban J connectivity index is 1.89. The van der Waals surface area contributed by atoms with Crippen LogP contribution < -0.4 is 5.32 Å². The minimum absolute atomic E-state index is 0.160. The Morgan fingerprint density at radius 3 is 2.62 bits per heavy atom. The zero-order valence-electron chi connectivity index (χ0n) is 11.8. The maximum Gasteiger partial charge on any atom is 0.251 e. The highest BCUT2D eigenvalue weighted by atomic mass is 79.9. The fraction of sp³-hybridized carbons (Fsp3) is 0.235. The number of halogens is 1. The van der Waals surface area contributed by atoms with Crippen molar-refractivity contribution in [1.29, 1.82) is 0 Å². The van der Waals surface area contributed by atoms with Crippen molar-refractivity contribution in [3.05, 3.63) is 69.7 Å². The molecule has 0 aliphatic carbocycles. The summed E-state index contributed by atoms with van der Waals surface area (Å²) in [4.78, 5) is 12.1. The van der Waals surface area contributed by atoms with Crippen molar-refractivity contribution in [2.24, 2.45) is 0 Å². The van der Waals surface area contributed by atoms with Gasteiger partial charge in [-0.25, -0.2) is 0 Å². The smallest absolute Gasteiger partial charge is 0.251 e. The minimum Gasteiger partial charge on any atom is -0.391 e. The van der Waals surface area contributed by atoms with Crippen LogP contribution in [0.2, 0.25) is 0 Å². The first-order chi connectivity index (χ1) is 10.1. The zero-order valence-corrected chi connectivity index (χ0v) is 13.4. The summed E-state index contributed by atoms with van der Waals surface area (Å²) >= 11 is 3.37. The highest BCUT2D eigenvalue weighted by molar-refractivity contribution is 9.10. The van der Waals surface area contributed by atoms with E-state index in [1.165, 1.54) is 0 Å². The topological polar surface area (TPSA) is 49.3 Å². The van der Waals surface area contributed by atoms with E-state index < -0.39 is 6.10 Å². The molecule has 110 valence electrons. The Morgan fingerprint density at radius 2 is 1.95 bits per heavy atom. The number of amides is 1. The molecule has 2 aromatic rings. The largest absolute Gasteiger partial charge is 0.391 e. The Labute approximate surface area is 133 Å². The van der Waals surface area contributed by atoms with Gasteiger partial charge in [0.1, 0.15) is 0 Å². The second-order valence-electron chi connectivity index (χ2n) is 5.01. The van der Waals surface area contributed by atoms with Crippen LogP contribution in [0.1, 0.15) is 21.5 Å². The molecule has 0 spiro atoms. The third-order valence-corrected chi connectivity index (χ3v) is 3.74. The molecule has 0 heterocycles. The molecule has 0 fully saturated rings. The molecule has 0 aliphatic heterocycles. The van der Waals surface area contributed by atoms with Crippen LogP contribution >= 0.6 is 15.9 Å². The average Bonchev–Trinajstić information content (AvgIpc) is 2.46. The van der Waals surface area contributed by atoms with Crippen molar-refractivity contribution in [2.75, 3.05) is 6.54 Å². The monoisotopic (exact) mass is 347 g/mol. The van der Waals surface area contributed by atoms with Crippen molar-refractivity contribution < 1.29 is 9.90 Å². The molecular formula is C17H18BrNO2. The first-order valence-electron chi connectivity index (χ1n) is 6.82. The van der Waals surface area contributed by atoms with Gasteiger partial charge in [-0.2, -0.15) is 0 Å². The first-order valence-corrected chi connectivity index (χ1v) is 7.62. The summed E-state index contributed by atoms with van der Waals surface area (Å²) in [5.74, 6) is -0.160. The fourth-order valence-electron chi connectivity index (χ4n) is 2.15. The van der Waals surface area contributed by atoms with Crippen LogP contribution in [0.4, 0.5) is 0 Å². The Hall–Kier alpha value is -1.65. The van der Waals surface area contributed by atoms with E-state index in [2.05, 4.69) is 21.2 Å². The SMILES string of the molecule is Cc1cc(Br)ccc1C(=O)NCC(O)Cc1ccccc1. The predicted octanol–water partition coefficient (Wildman–Crippen LogP) is 3.09. The van der Waals surface area contributed by atoms with Crippen molar-refractivity contribution >= 4 is 21.8 Å². The molecule has 0 saturated heterocycles. The summed E-state index contributed by atoms with van der Waals surface area (Å²) in [6.07, 6.45) is -0.0624. The molecule has 0 aliphatic rings. The number of carbonyl (C=O) groups is 1. The average molecular weight is 348 g/mol. The van der Waals surface area contributed by atoms with E-state index in [1.54, 1.807) is 6.07 Å². The van der Waals surface area contributed by atoms with Gasteiger partial charge >= 0.3 is 0 Å². The molecule has 3 nitrogen and oxygen atoms in total.